The maximum absolute atomic E-state index is 11.3. The van der Waals surface area contributed by atoms with Gasteiger partial charge in [0.05, 0.1) is 5.92 Å². The molecule has 0 bridgehead atoms. The van der Waals surface area contributed by atoms with Crippen molar-refractivity contribution in [3.05, 3.63) is 29.8 Å². The van der Waals surface area contributed by atoms with E-state index in [9.17, 15) is 9.59 Å². The Balaban J connectivity index is 2.83. The molecule has 0 fully saturated rings. The van der Waals surface area contributed by atoms with Crippen LogP contribution in [0.25, 0.3) is 0 Å². The van der Waals surface area contributed by atoms with Gasteiger partial charge >= 0.3 is 5.97 Å². The number of benzene rings is 1. The van der Waals surface area contributed by atoms with Crippen LogP contribution in [0.4, 0.5) is 5.69 Å². The predicted molar refractivity (Wildman–Crippen MR) is 85.0 cm³/mol. The fraction of sp³-hybridized carbons (Fsp3) is 0.529. The van der Waals surface area contributed by atoms with E-state index in [2.05, 4.69) is 11.8 Å². The number of aliphatic carboxylic acids is 1. The molecule has 0 aliphatic carbocycles. The van der Waals surface area contributed by atoms with Crippen LogP contribution in [0, 0.1) is 5.92 Å². The van der Waals surface area contributed by atoms with Gasteiger partial charge in [-0.15, -0.1) is 0 Å². The molecule has 1 atom stereocenters. The molecule has 116 valence electrons. The Bertz CT molecular complexity index is 467. The number of ketones is 1. The van der Waals surface area contributed by atoms with Crippen LogP contribution in [-0.4, -0.2) is 29.9 Å². The monoisotopic (exact) mass is 291 g/mol. The number of nitrogens with zero attached hydrogens (tertiary/aromatic N) is 1. The van der Waals surface area contributed by atoms with Gasteiger partial charge in [0.1, 0.15) is 0 Å². The Kier molecular flexibility index (Phi) is 6.92. The second-order valence-corrected chi connectivity index (χ2v) is 5.50. The molecule has 0 aliphatic heterocycles. The Hall–Kier alpha value is -1.84. The number of anilines is 1. The molecular weight excluding hydrogens is 266 g/mol. The van der Waals surface area contributed by atoms with Gasteiger partial charge in [0, 0.05) is 24.3 Å². The molecule has 0 aromatic heterocycles. The Morgan fingerprint density at radius 2 is 1.81 bits per heavy atom. The molecule has 1 rings (SSSR count). The number of unbranched alkanes of at least 4 members (excludes halogenated alkanes) is 2. The van der Waals surface area contributed by atoms with E-state index in [0.29, 0.717) is 12.1 Å². The molecule has 0 aliphatic rings. The van der Waals surface area contributed by atoms with Gasteiger partial charge in [-0.25, -0.2) is 0 Å². The molecule has 0 spiro atoms. The fourth-order valence-corrected chi connectivity index (χ4v) is 2.19. The summed E-state index contributed by atoms with van der Waals surface area (Å²) in [6, 6.07) is 7.40. The van der Waals surface area contributed by atoms with Gasteiger partial charge in [0.2, 0.25) is 0 Å². The number of carbonyl (C=O) groups is 2. The summed E-state index contributed by atoms with van der Waals surface area (Å²) in [4.78, 5) is 24.5. The Labute approximate surface area is 126 Å². The predicted octanol–water partition coefficient (Wildman–Crippen LogP) is 3.61. The Morgan fingerprint density at radius 3 is 2.29 bits per heavy atom. The molecular formula is C17H25NO3. The second kappa shape index (κ2) is 8.45. The lowest BCUT2D eigenvalue weighted by Crippen LogP contribution is -2.32. The standard InChI is InChI=1S/C17H25NO3/c1-4-5-6-11-18(12-13(2)17(20)21)16-9-7-15(8-10-16)14(3)19/h7-10,13H,4-6,11-12H2,1-3H3,(H,20,21). The number of hydrogen-bond acceptors (Lipinski definition) is 3. The topological polar surface area (TPSA) is 57.6 Å². The third kappa shape index (κ3) is 5.58. The summed E-state index contributed by atoms with van der Waals surface area (Å²) in [5.41, 5.74) is 1.66. The summed E-state index contributed by atoms with van der Waals surface area (Å²) in [5, 5.41) is 9.09. The zero-order chi connectivity index (χ0) is 15.8. The fourth-order valence-electron chi connectivity index (χ4n) is 2.19. The first-order chi connectivity index (χ1) is 9.95. The molecule has 0 amide bonds. The number of Topliss-reactive ketones (excluding diaryl/α,β-unsaturated/α-hetero) is 1. The molecule has 4 nitrogen and oxygen atoms in total. The van der Waals surface area contributed by atoms with Crippen molar-refractivity contribution in [3.8, 4) is 0 Å². The van der Waals surface area contributed by atoms with Gasteiger partial charge in [-0.3, -0.25) is 9.59 Å². The molecule has 1 N–H and O–H groups in total. The lowest BCUT2D eigenvalue weighted by Gasteiger charge is -2.27. The lowest BCUT2D eigenvalue weighted by atomic mass is 10.1. The van der Waals surface area contributed by atoms with Crippen molar-refractivity contribution in [2.75, 3.05) is 18.0 Å². The average molecular weight is 291 g/mol. The van der Waals surface area contributed by atoms with Crippen LogP contribution in [0.1, 0.15) is 50.4 Å². The van der Waals surface area contributed by atoms with Crippen LogP contribution in [0.5, 0.6) is 0 Å². The van der Waals surface area contributed by atoms with Crippen molar-refractivity contribution in [3.63, 3.8) is 0 Å². The van der Waals surface area contributed by atoms with Crippen molar-refractivity contribution in [1.82, 2.24) is 0 Å². The Morgan fingerprint density at radius 1 is 1.19 bits per heavy atom. The van der Waals surface area contributed by atoms with Gasteiger partial charge in [-0.2, -0.15) is 0 Å². The van der Waals surface area contributed by atoms with Crippen LogP contribution < -0.4 is 4.90 Å². The zero-order valence-electron chi connectivity index (χ0n) is 13.1. The zero-order valence-corrected chi connectivity index (χ0v) is 13.1. The number of hydrogen-bond donors (Lipinski definition) is 1. The highest BCUT2D eigenvalue weighted by Crippen LogP contribution is 2.18. The third-order valence-electron chi connectivity index (χ3n) is 3.59. The normalized spacial score (nSPS) is 12.0. The maximum atomic E-state index is 11.3. The van der Waals surface area contributed by atoms with Crippen LogP contribution >= 0.6 is 0 Å². The van der Waals surface area contributed by atoms with Gasteiger partial charge in [0.25, 0.3) is 0 Å². The molecule has 21 heavy (non-hydrogen) atoms. The average Bonchev–Trinajstić information content (AvgIpc) is 2.46. The molecule has 0 heterocycles. The van der Waals surface area contributed by atoms with Gasteiger partial charge in [-0.05, 0) is 37.6 Å². The van der Waals surface area contributed by atoms with E-state index in [1.807, 2.05) is 12.1 Å². The summed E-state index contributed by atoms with van der Waals surface area (Å²) >= 11 is 0. The number of carboxylic acid groups (broad SMARTS) is 1. The van der Waals surface area contributed by atoms with Crippen molar-refractivity contribution in [1.29, 1.82) is 0 Å². The van der Waals surface area contributed by atoms with E-state index in [0.717, 1.165) is 31.5 Å². The molecule has 0 radical (unpaired) electrons. The van der Waals surface area contributed by atoms with Crippen molar-refractivity contribution in [2.45, 2.75) is 40.0 Å². The molecule has 1 aromatic carbocycles. The highest BCUT2D eigenvalue weighted by Gasteiger charge is 2.16. The molecule has 4 heteroatoms. The quantitative estimate of drug-likeness (QED) is 0.558. The minimum Gasteiger partial charge on any atom is -0.481 e. The van der Waals surface area contributed by atoms with Crippen LogP contribution in [0.3, 0.4) is 0 Å². The largest absolute Gasteiger partial charge is 0.481 e. The van der Waals surface area contributed by atoms with Crippen LogP contribution in [-0.2, 0) is 4.79 Å². The molecule has 1 unspecified atom stereocenters. The smallest absolute Gasteiger partial charge is 0.308 e. The van der Waals surface area contributed by atoms with Crippen molar-refractivity contribution < 1.29 is 14.7 Å². The number of carboxylic acids is 1. The summed E-state index contributed by atoms with van der Waals surface area (Å²) in [6.45, 7) is 6.73. The molecule has 0 saturated heterocycles. The summed E-state index contributed by atoms with van der Waals surface area (Å²) < 4.78 is 0. The SMILES string of the molecule is CCCCCN(CC(C)C(=O)O)c1ccc(C(C)=O)cc1. The van der Waals surface area contributed by atoms with Crippen LogP contribution in [0.2, 0.25) is 0 Å². The first kappa shape index (κ1) is 17.2. The number of rotatable bonds is 9. The molecule has 1 aromatic rings. The summed E-state index contributed by atoms with van der Waals surface area (Å²) in [6.07, 6.45) is 3.30. The number of carbonyl (C=O) groups excluding carboxylic acids is 1. The van der Waals surface area contributed by atoms with Crippen molar-refractivity contribution >= 4 is 17.4 Å². The molecule has 0 saturated carbocycles. The van der Waals surface area contributed by atoms with Gasteiger partial charge in [-0.1, -0.05) is 26.7 Å². The first-order valence-corrected chi connectivity index (χ1v) is 7.54. The maximum Gasteiger partial charge on any atom is 0.308 e. The van der Waals surface area contributed by atoms with E-state index in [4.69, 9.17) is 5.11 Å². The third-order valence-corrected chi connectivity index (χ3v) is 3.59. The van der Waals surface area contributed by atoms with E-state index < -0.39 is 11.9 Å². The van der Waals surface area contributed by atoms with E-state index in [-0.39, 0.29) is 5.78 Å². The summed E-state index contributed by atoms with van der Waals surface area (Å²) in [5.74, 6) is -1.16. The van der Waals surface area contributed by atoms with E-state index in [1.54, 1.807) is 26.0 Å². The minimum absolute atomic E-state index is 0.0398. The van der Waals surface area contributed by atoms with Gasteiger partial charge < -0.3 is 10.0 Å². The van der Waals surface area contributed by atoms with E-state index >= 15 is 0 Å². The second-order valence-electron chi connectivity index (χ2n) is 5.50. The van der Waals surface area contributed by atoms with E-state index in [1.165, 1.54) is 0 Å². The van der Waals surface area contributed by atoms with Crippen molar-refractivity contribution in [2.24, 2.45) is 5.92 Å². The lowest BCUT2D eigenvalue weighted by molar-refractivity contribution is -0.140. The highest BCUT2D eigenvalue weighted by atomic mass is 16.4. The highest BCUT2D eigenvalue weighted by molar-refractivity contribution is 5.94. The first-order valence-electron chi connectivity index (χ1n) is 7.54. The minimum atomic E-state index is -0.782. The van der Waals surface area contributed by atoms with Crippen LogP contribution in [0.15, 0.2) is 24.3 Å². The van der Waals surface area contributed by atoms with Gasteiger partial charge in [0.15, 0.2) is 5.78 Å². The summed E-state index contributed by atoms with van der Waals surface area (Å²) in [7, 11) is 0.